The van der Waals surface area contributed by atoms with Gasteiger partial charge >= 0.3 is 0 Å². The van der Waals surface area contributed by atoms with Crippen LogP contribution in [0.25, 0.3) is 0 Å². The first-order valence-electron chi connectivity index (χ1n) is 5.51. The minimum Gasteiger partial charge on any atom is -0.303 e. The number of hydrogen-bond donors (Lipinski definition) is 1. The van der Waals surface area contributed by atoms with Crippen LogP contribution in [0.1, 0.15) is 18.5 Å². The van der Waals surface area contributed by atoms with Crippen LogP contribution in [0.15, 0.2) is 11.1 Å². The van der Waals surface area contributed by atoms with Crippen LogP contribution in [0.5, 0.6) is 0 Å². The number of aromatic nitrogens is 2. The molecule has 2 rings (SSSR count). The summed E-state index contributed by atoms with van der Waals surface area (Å²) in [6, 6.07) is 0. The van der Waals surface area contributed by atoms with Gasteiger partial charge in [0.25, 0.3) is 0 Å². The number of aryl methyl sites for hydroxylation is 1. The smallest absolute Gasteiger partial charge is 0.246 e. The van der Waals surface area contributed by atoms with E-state index < -0.39 is 10.0 Å². The van der Waals surface area contributed by atoms with Crippen molar-refractivity contribution in [3.05, 3.63) is 11.9 Å². The van der Waals surface area contributed by atoms with Gasteiger partial charge in [-0.2, -0.15) is 9.40 Å². The summed E-state index contributed by atoms with van der Waals surface area (Å²) in [5.74, 6) is -0.00750. The number of hydrogen-bond acceptors (Lipinski definition) is 4. The second-order valence-corrected chi connectivity index (χ2v) is 6.14. The van der Waals surface area contributed by atoms with Crippen LogP contribution in [0.3, 0.4) is 0 Å². The van der Waals surface area contributed by atoms with E-state index >= 15 is 0 Å². The number of piperidine rings is 1. The Balaban J connectivity index is 2.18. The fourth-order valence-electron chi connectivity index (χ4n) is 1.99. The second-order valence-electron chi connectivity index (χ2n) is 4.24. The number of aromatic amines is 1. The molecule has 1 aromatic rings. The van der Waals surface area contributed by atoms with Crippen LogP contribution in [-0.4, -0.2) is 42.3 Å². The lowest BCUT2D eigenvalue weighted by Gasteiger charge is -2.28. The Labute approximate surface area is 100 Å². The highest BCUT2D eigenvalue weighted by atomic mass is 32.2. The molecule has 17 heavy (non-hydrogen) atoms. The van der Waals surface area contributed by atoms with Gasteiger partial charge in [-0.1, -0.05) is 0 Å². The first-order valence-corrected chi connectivity index (χ1v) is 6.95. The van der Waals surface area contributed by atoms with E-state index in [0.29, 0.717) is 31.6 Å². The van der Waals surface area contributed by atoms with E-state index in [4.69, 9.17) is 0 Å². The Kier molecular flexibility index (Phi) is 3.30. The highest BCUT2D eigenvalue weighted by molar-refractivity contribution is 7.89. The molecule has 1 N–H and O–H groups in total. The topological polar surface area (TPSA) is 83.1 Å². The van der Waals surface area contributed by atoms with Gasteiger partial charge in [-0.25, -0.2) is 8.42 Å². The number of aldehydes is 1. The third kappa shape index (κ3) is 2.25. The first kappa shape index (κ1) is 12.3. The summed E-state index contributed by atoms with van der Waals surface area (Å²) in [6.07, 6.45) is 3.43. The van der Waals surface area contributed by atoms with Gasteiger partial charge in [0.15, 0.2) is 0 Å². The summed E-state index contributed by atoms with van der Waals surface area (Å²) in [5.41, 5.74) is 0.544. The molecule has 0 radical (unpaired) electrons. The lowest BCUT2D eigenvalue weighted by Crippen LogP contribution is -2.38. The molecule has 7 heteroatoms. The number of carbonyl (C=O) groups is 1. The van der Waals surface area contributed by atoms with Crippen LogP contribution in [0.4, 0.5) is 0 Å². The van der Waals surface area contributed by atoms with Crippen molar-refractivity contribution >= 4 is 16.3 Å². The summed E-state index contributed by atoms with van der Waals surface area (Å²) in [7, 11) is -3.46. The molecular formula is C10H15N3O3S. The van der Waals surface area contributed by atoms with Crippen LogP contribution in [-0.2, 0) is 14.8 Å². The zero-order valence-electron chi connectivity index (χ0n) is 9.59. The van der Waals surface area contributed by atoms with Crippen LogP contribution < -0.4 is 0 Å². The van der Waals surface area contributed by atoms with Gasteiger partial charge in [0.05, 0.1) is 11.9 Å². The third-order valence-electron chi connectivity index (χ3n) is 3.09. The third-order valence-corrected chi connectivity index (χ3v) is 5.10. The largest absolute Gasteiger partial charge is 0.303 e. The van der Waals surface area contributed by atoms with E-state index in [-0.39, 0.29) is 10.8 Å². The van der Waals surface area contributed by atoms with Gasteiger partial charge in [-0.05, 0) is 19.8 Å². The summed E-state index contributed by atoms with van der Waals surface area (Å²) in [5, 5.41) is 6.35. The Morgan fingerprint density at radius 3 is 2.59 bits per heavy atom. The molecule has 1 aliphatic heterocycles. The molecule has 1 fully saturated rings. The maximum atomic E-state index is 12.2. The Morgan fingerprint density at radius 1 is 1.47 bits per heavy atom. The predicted molar refractivity (Wildman–Crippen MR) is 60.9 cm³/mol. The van der Waals surface area contributed by atoms with Crippen molar-refractivity contribution in [1.29, 1.82) is 0 Å². The van der Waals surface area contributed by atoms with Gasteiger partial charge in [0.1, 0.15) is 11.2 Å². The van der Waals surface area contributed by atoms with E-state index in [9.17, 15) is 13.2 Å². The molecule has 1 saturated heterocycles. The average molecular weight is 257 g/mol. The lowest BCUT2D eigenvalue weighted by atomic mass is 10.0. The number of sulfonamides is 1. The minimum absolute atomic E-state index is 0.00750. The van der Waals surface area contributed by atoms with E-state index in [0.717, 1.165) is 6.29 Å². The molecule has 0 aliphatic carbocycles. The molecule has 2 heterocycles. The molecule has 1 aliphatic rings. The minimum atomic E-state index is -3.46. The number of rotatable bonds is 3. The monoisotopic (exact) mass is 257 g/mol. The first-order chi connectivity index (χ1) is 8.05. The zero-order chi connectivity index (χ0) is 12.5. The predicted octanol–water partition coefficient (Wildman–Crippen LogP) is 0.318. The quantitative estimate of drug-likeness (QED) is 0.790. The molecule has 1 aromatic heterocycles. The Hall–Kier alpha value is -1.21. The molecule has 0 saturated carbocycles. The summed E-state index contributed by atoms with van der Waals surface area (Å²) < 4.78 is 25.9. The van der Waals surface area contributed by atoms with Gasteiger partial charge in [0.2, 0.25) is 10.0 Å². The molecule has 0 aromatic carbocycles. The van der Waals surface area contributed by atoms with Gasteiger partial charge in [-0.15, -0.1) is 0 Å². The molecule has 94 valence electrons. The second kappa shape index (κ2) is 4.58. The average Bonchev–Trinajstić information content (AvgIpc) is 2.76. The number of nitrogens with one attached hydrogen (secondary N) is 1. The van der Waals surface area contributed by atoms with Crippen molar-refractivity contribution < 1.29 is 13.2 Å². The van der Waals surface area contributed by atoms with E-state index in [1.807, 2.05) is 0 Å². The van der Waals surface area contributed by atoms with Crippen molar-refractivity contribution in [3.63, 3.8) is 0 Å². The molecule has 0 unspecified atom stereocenters. The highest BCUT2D eigenvalue weighted by Crippen LogP contribution is 2.23. The number of nitrogens with zero attached hydrogens (tertiary/aromatic N) is 2. The van der Waals surface area contributed by atoms with E-state index in [1.54, 1.807) is 6.92 Å². The maximum absolute atomic E-state index is 12.2. The van der Waals surface area contributed by atoms with Crippen LogP contribution in [0.2, 0.25) is 0 Å². The van der Waals surface area contributed by atoms with Crippen molar-refractivity contribution in [2.75, 3.05) is 13.1 Å². The molecule has 0 spiro atoms. The summed E-state index contributed by atoms with van der Waals surface area (Å²) >= 11 is 0. The van der Waals surface area contributed by atoms with Gasteiger partial charge < -0.3 is 4.79 Å². The van der Waals surface area contributed by atoms with Crippen molar-refractivity contribution in [1.82, 2.24) is 14.5 Å². The zero-order valence-corrected chi connectivity index (χ0v) is 10.4. The number of H-pyrrole nitrogens is 1. The van der Waals surface area contributed by atoms with Crippen molar-refractivity contribution in [2.45, 2.75) is 24.7 Å². The van der Waals surface area contributed by atoms with E-state index in [2.05, 4.69) is 10.2 Å². The number of carbonyl (C=O) groups excluding carboxylic acids is 1. The summed E-state index contributed by atoms with van der Waals surface area (Å²) in [6.45, 7) is 2.48. The lowest BCUT2D eigenvalue weighted by molar-refractivity contribution is -0.112. The molecular weight excluding hydrogens is 242 g/mol. The fourth-order valence-corrected chi connectivity index (χ4v) is 3.58. The maximum Gasteiger partial charge on any atom is 0.246 e. The Morgan fingerprint density at radius 2 is 2.12 bits per heavy atom. The van der Waals surface area contributed by atoms with Crippen LogP contribution >= 0.6 is 0 Å². The van der Waals surface area contributed by atoms with Crippen molar-refractivity contribution in [2.24, 2.45) is 5.92 Å². The SMILES string of the molecule is Cc1[nH]ncc1S(=O)(=O)N1CCC(C=O)CC1. The van der Waals surface area contributed by atoms with E-state index in [1.165, 1.54) is 10.5 Å². The molecule has 6 nitrogen and oxygen atoms in total. The normalized spacial score (nSPS) is 19.4. The van der Waals surface area contributed by atoms with Gasteiger partial charge in [0, 0.05) is 19.0 Å². The van der Waals surface area contributed by atoms with Gasteiger partial charge in [-0.3, -0.25) is 5.10 Å². The molecule has 0 bridgehead atoms. The standard InChI is InChI=1S/C10H15N3O3S/c1-8-10(6-11-12-8)17(15,16)13-4-2-9(7-14)3-5-13/h6-7,9H,2-5H2,1H3,(H,11,12). The van der Waals surface area contributed by atoms with Crippen LogP contribution in [0, 0.1) is 12.8 Å². The molecule has 0 atom stereocenters. The fraction of sp³-hybridized carbons (Fsp3) is 0.600. The Bertz CT molecular complexity index is 501. The molecule has 0 amide bonds. The van der Waals surface area contributed by atoms with Crippen molar-refractivity contribution in [3.8, 4) is 0 Å². The summed E-state index contributed by atoms with van der Waals surface area (Å²) in [4.78, 5) is 10.8. The highest BCUT2D eigenvalue weighted by Gasteiger charge is 2.30.